The minimum Gasteiger partial charge on any atom is -0.381 e. The van der Waals surface area contributed by atoms with Crippen molar-refractivity contribution in [1.82, 2.24) is 0 Å². The van der Waals surface area contributed by atoms with Gasteiger partial charge in [0.25, 0.3) is 0 Å². The summed E-state index contributed by atoms with van der Waals surface area (Å²) in [6.07, 6.45) is 1.30. The SMILES string of the molecule is O=S(=O)(CCCc1ccccc1)Nc1ccc(NCc2ccc(F)cc2)cc1. The highest BCUT2D eigenvalue weighted by Crippen LogP contribution is 2.16. The number of sulfonamides is 1. The average molecular weight is 399 g/mol. The van der Waals surface area contributed by atoms with Gasteiger partial charge in [0.15, 0.2) is 0 Å². The van der Waals surface area contributed by atoms with E-state index in [2.05, 4.69) is 10.0 Å². The number of hydrogen-bond acceptors (Lipinski definition) is 3. The fourth-order valence-corrected chi connectivity index (χ4v) is 3.93. The topological polar surface area (TPSA) is 58.2 Å². The van der Waals surface area contributed by atoms with E-state index in [1.54, 1.807) is 24.3 Å². The smallest absolute Gasteiger partial charge is 0.232 e. The van der Waals surface area contributed by atoms with E-state index in [4.69, 9.17) is 0 Å². The summed E-state index contributed by atoms with van der Waals surface area (Å²) >= 11 is 0. The van der Waals surface area contributed by atoms with E-state index in [1.165, 1.54) is 12.1 Å². The minimum atomic E-state index is -3.38. The molecule has 0 aromatic heterocycles. The zero-order chi connectivity index (χ0) is 19.8. The molecule has 3 aromatic rings. The van der Waals surface area contributed by atoms with Crippen molar-refractivity contribution in [1.29, 1.82) is 0 Å². The fourth-order valence-electron chi connectivity index (χ4n) is 2.80. The zero-order valence-corrected chi connectivity index (χ0v) is 16.3. The van der Waals surface area contributed by atoms with Gasteiger partial charge < -0.3 is 5.32 Å². The number of aryl methyl sites for hydroxylation is 1. The molecular formula is C22H23FN2O2S. The van der Waals surface area contributed by atoms with Crippen LogP contribution in [-0.2, 0) is 23.0 Å². The number of hydrogen-bond donors (Lipinski definition) is 2. The van der Waals surface area contributed by atoms with Crippen LogP contribution in [-0.4, -0.2) is 14.2 Å². The summed E-state index contributed by atoms with van der Waals surface area (Å²) in [5.41, 5.74) is 3.49. The maximum absolute atomic E-state index is 12.9. The first-order valence-corrected chi connectivity index (χ1v) is 10.8. The van der Waals surface area contributed by atoms with Crippen LogP contribution in [0.3, 0.4) is 0 Å². The number of halogens is 1. The molecule has 3 aromatic carbocycles. The van der Waals surface area contributed by atoms with Crippen LogP contribution in [0.25, 0.3) is 0 Å². The van der Waals surface area contributed by atoms with Crippen molar-refractivity contribution in [2.24, 2.45) is 0 Å². The van der Waals surface area contributed by atoms with E-state index in [0.29, 0.717) is 18.7 Å². The Hall–Kier alpha value is -2.86. The zero-order valence-electron chi connectivity index (χ0n) is 15.4. The largest absolute Gasteiger partial charge is 0.381 e. The second kappa shape index (κ2) is 9.37. The van der Waals surface area contributed by atoms with Crippen LogP contribution in [0.4, 0.5) is 15.8 Å². The normalized spacial score (nSPS) is 11.2. The molecule has 0 fully saturated rings. The molecule has 28 heavy (non-hydrogen) atoms. The third kappa shape index (κ3) is 6.39. The molecule has 0 radical (unpaired) electrons. The Bertz CT molecular complexity index is 973. The molecule has 0 aliphatic carbocycles. The number of rotatable bonds is 9. The van der Waals surface area contributed by atoms with Crippen LogP contribution in [0.5, 0.6) is 0 Å². The highest BCUT2D eigenvalue weighted by molar-refractivity contribution is 7.92. The monoisotopic (exact) mass is 398 g/mol. The standard InChI is InChI=1S/C22H23FN2O2S/c23-20-10-8-19(9-11-20)17-24-21-12-14-22(15-13-21)25-28(26,27)16-4-7-18-5-2-1-3-6-18/h1-3,5-6,8-15,24-25H,4,7,16-17H2. The number of anilines is 2. The molecule has 0 amide bonds. The average Bonchev–Trinajstić information content (AvgIpc) is 2.69. The second-order valence-electron chi connectivity index (χ2n) is 6.57. The first-order chi connectivity index (χ1) is 13.5. The summed E-state index contributed by atoms with van der Waals surface area (Å²) < 4.78 is 40.0. The molecular weight excluding hydrogens is 375 g/mol. The lowest BCUT2D eigenvalue weighted by atomic mass is 10.1. The van der Waals surface area contributed by atoms with Gasteiger partial charge in [0.2, 0.25) is 10.0 Å². The molecule has 0 spiro atoms. The molecule has 0 unspecified atom stereocenters. The molecule has 3 rings (SSSR count). The van der Waals surface area contributed by atoms with Crippen molar-refractivity contribution in [3.8, 4) is 0 Å². The lowest BCUT2D eigenvalue weighted by Gasteiger charge is -2.10. The maximum atomic E-state index is 12.9. The van der Waals surface area contributed by atoms with Gasteiger partial charge in [-0.15, -0.1) is 0 Å². The van der Waals surface area contributed by atoms with E-state index >= 15 is 0 Å². The van der Waals surface area contributed by atoms with Gasteiger partial charge in [-0.2, -0.15) is 0 Å². The summed E-state index contributed by atoms with van der Waals surface area (Å²) in [5, 5.41) is 3.22. The van der Waals surface area contributed by atoms with E-state index < -0.39 is 10.0 Å². The van der Waals surface area contributed by atoms with Gasteiger partial charge >= 0.3 is 0 Å². The van der Waals surface area contributed by atoms with Crippen LogP contribution < -0.4 is 10.0 Å². The first kappa shape index (κ1) is 19.9. The molecule has 0 aliphatic heterocycles. The Kier molecular flexibility index (Phi) is 6.66. The molecule has 2 N–H and O–H groups in total. The molecule has 4 nitrogen and oxygen atoms in total. The van der Waals surface area contributed by atoms with E-state index in [9.17, 15) is 12.8 Å². The van der Waals surface area contributed by atoms with Gasteiger partial charge in [0.1, 0.15) is 5.82 Å². The Balaban J connectivity index is 1.47. The van der Waals surface area contributed by atoms with E-state index in [1.807, 2.05) is 42.5 Å². The summed E-state index contributed by atoms with van der Waals surface area (Å²) in [6, 6.07) is 23.2. The van der Waals surface area contributed by atoms with Gasteiger partial charge in [-0.3, -0.25) is 4.72 Å². The van der Waals surface area contributed by atoms with Crippen molar-refractivity contribution < 1.29 is 12.8 Å². The molecule has 0 bridgehead atoms. The molecule has 0 saturated carbocycles. The van der Waals surface area contributed by atoms with Gasteiger partial charge in [-0.1, -0.05) is 42.5 Å². The predicted molar refractivity (Wildman–Crippen MR) is 112 cm³/mol. The third-order valence-electron chi connectivity index (χ3n) is 4.29. The van der Waals surface area contributed by atoms with Gasteiger partial charge in [-0.05, 0) is 60.4 Å². The highest BCUT2D eigenvalue weighted by atomic mass is 32.2. The Morgan fingerprint density at radius 2 is 1.39 bits per heavy atom. The van der Waals surface area contributed by atoms with Gasteiger partial charge in [0, 0.05) is 17.9 Å². The summed E-state index contributed by atoms with van der Waals surface area (Å²) in [4.78, 5) is 0. The molecule has 6 heteroatoms. The molecule has 0 aliphatic rings. The van der Waals surface area contributed by atoms with Crippen molar-refractivity contribution >= 4 is 21.4 Å². The Morgan fingerprint density at radius 3 is 2.07 bits per heavy atom. The van der Waals surface area contributed by atoms with Crippen LogP contribution in [0.1, 0.15) is 17.5 Å². The van der Waals surface area contributed by atoms with Crippen LogP contribution in [0, 0.1) is 5.82 Å². The van der Waals surface area contributed by atoms with E-state index in [-0.39, 0.29) is 11.6 Å². The van der Waals surface area contributed by atoms with E-state index in [0.717, 1.165) is 23.2 Å². The Labute approximate surface area is 165 Å². The number of nitrogens with one attached hydrogen (secondary N) is 2. The summed E-state index contributed by atoms with van der Waals surface area (Å²) in [6.45, 7) is 0.560. The predicted octanol–water partition coefficient (Wildman–Crippen LogP) is 4.81. The summed E-state index contributed by atoms with van der Waals surface area (Å²) in [7, 11) is -3.38. The van der Waals surface area contributed by atoms with Crippen molar-refractivity contribution in [3.05, 3.63) is 95.8 Å². The number of benzene rings is 3. The highest BCUT2D eigenvalue weighted by Gasteiger charge is 2.10. The molecule has 146 valence electrons. The lowest BCUT2D eigenvalue weighted by Crippen LogP contribution is -2.17. The second-order valence-corrected chi connectivity index (χ2v) is 8.41. The van der Waals surface area contributed by atoms with Crippen molar-refractivity contribution in [2.45, 2.75) is 19.4 Å². The lowest BCUT2D eigenvalue weighted by molar-refractivity contribution is 0.598. The maximum Gasteiger partial charge on any atom is 0.232 e. The van der Waals surface area contributed by atoms with Crippen LogP contribution in [0.2, 0.25) is 0 Å². The third-order valence-corrected chi connectivity index (χ3v) is 5.66. The van der Waals surface area contributed by atoms with Crippen LogP contribution in [0.15, 0.2) is 78.9 Å². The van der Waals surface area contributed by atoms with Crippen molar-refractivity contribution in [2.75, 3.05) is 15.8 Å². The molecule has 0 heterocycles. The quantitative estimate of drug-likeness (QED) is 0.544. The molecule has 0 atom stereocenters. The Morgan fingerprint density at radius 1 is 0.750 bits per heavy atom. The van der Waals surface area contributed by atoms with Gasteiger partial charge in [0.05, 0.1) is 5.75 Å². The first-order valence-electron chi connectivity index (χ1n) is 9.13. The van der Waals surface area contributed by atoms with Crippen molar-refractivity contribution in [3.63, 3.8) is 0 Å². The molecule has 0 saturated heterocycles. The minimum absolute atomic E-state index is 0.0759. The van der Waals surface area contributed by atoms with Gasteiger partial charge in [-0.25, -0.2) is 12.8 Å². The summed E-state index contributed by atoms with van der Waals surface area (Å²) in [5.74, 6) is -0.184. The van der Waals surface area contributed by atoms with Crippen LogP contribution >= 0.6 is 0 Å². The fraction of sp³-hybridized carbons (Fsp3) is 0.182.